The molecular formula is C24H20N2OS2. The van der Waals surface area contributed by atoms with Crippen molar-refractivity contribution in [3.63, 3.8) is 0 Å². The van der Waals surface area contributed by atoms with Crippen molar-refractivity contribution < 1.29 is 4.79 Å². The highest BCUT2D eigenvalue weighted by Gasteiger charge is 2.24. The van der Waals surface area contributed by atoms with E-state index in [4.69, 9.17) is 4.99 Å². The molecule has 3 nitrogen and oxygen atoms in total. The minimum atomic E-state index is 0.0568. The number of carbonyl (C=O) groups is 1. The molecule has 1 unspecified atom stereocenters. The molecule has 1 heterocycles. The Bertz CT molecular complexity index is 1020. The number of aliphatic imine (C=N–C) groups is 1. The number of carbonyl (C=O) groups excluding carboxylic acids is 1. The first-order chi connectivity index (χ1) is 14.3. The van der Waals surface area contributed by atoms with Crippen LogP contribution in [0, 0.1) is 0 Å². The van der Waals surface area contributed by atoms with Crippen LogP contribution in [0.5, 0.6) is 0 Å². The van der Waals surface area contributed by atoms with E-state index in [9.17, 15) is 4.79 Å². The van der Waals surface area contributed by atoms with Crippen LogP contribution in [0.2, 0.25) is 0 Å². The number of nitrogens with zero attached hydrogens (tertiary/aromatic N) is 1. The van der Waals surface area contributed by atoms with Crippen LogP contribution in [0.1, 0.15) is 16.8 Å². The molecule has 0 aromatic heterocycles. The number of benzene rings is 3. The van der Waals surface area contributed by atoms with Crippen LogP contribution in [0.25, 0.3) is 0 Å². The van der Waals surface area contributed by atoms with Gasteiger partial charge < -0.3 is 5.32 Å². The van der Waals surface area contributed by atoms with E-state index in [1.54, 1.807) is 23.5 Å². The van der Waals surface area contributed by atoms with E-state index >= 15 is 0 Å². The maximum absolute atomic E-state index is 12.7. The Balaban J connectivity index is 1.56. The van der Waals surface area contributed by atoms with E-state index in [0.29, 0.717) is 6.42 Å². The molecule has 4 rings (SSSR count). The largest absolute Gasteiger partial charge is 0.350 e. The zero-order chi connectivity index (χ0) is 19.9. The Kier molecular flexibility index (Phi) is 6.49. The fourth-order valence-electron chi connectivity index (χ4n) is 2.87. The molecule has 0 bridgehead atoms. The van der Waals surface area contributed by atoms with Crippen LogP contribution in [0.4, 0.5) is 11.4 Å². The molecular weight excluding hydrogens is 396 g/mol. The molecule has 3 aromatic rings. The van der Waals surface area contributed by atoms with Crippen molar-refractivity contribution in [1.29, 1.82) is 0 Å². The molecule has 0 radical (unpaired) electrons. The lowest BCUT2D eigenvalue weighted by Gasteiger charge is -2.23. The Morgan fingerprint density at radius 1 is 0.828 bits per heavy atom. The molecule has 0 spiro atoms. The third kappa shape index (κ3) is 5.62. The van der Waals surface area contributed by atoms with Crippen LogP contribution < -0.4 is 5.32 Å². The van der Waals surface area contributed by atoms with Crippen molar-refractivity contribution in [2.24, 2.45) is 4.99 Å². The van der Waals surface area contributed by atoms with Gasteiger partial charge >= 0.3 is 0 Å². The third-order valence-electron chi connectivity index (χ3n) is 4.25. The Labute approximate surface area is 179 Å². The molecule has 1 aliphatic rings. The first-order valence-corrected chi connectivity index (χ1v) is 11.1. The summed E-state index contributed by atoms with van der Waals surface area (Å²) in [6.45, 7) is 0. The normalized spacial score (nSPS) is 17.6. The van der Waals surface area contributed by atoms with Gasteiger partial charge in [0.05, 0.1) is 15.3 Å². The van der Waals surface area contributed by atoms with Crippen molar-refractivity contribution >= 4 is 45.7 Å². The second-order valence-electron chi connectivity index (χ2n) is 6.44. The van der Waals surface area contributed by atoms with Gasteiger partial charge in [-0.25, -0.2) is 4.99 Å². The summed E-state index contributed by atoms with van der Waals surface area (Å²) in [6.07, 6.45) is 2.50. The van der Waals surface area contributed by atoms with Gasteiger partial charge in [0.15, 0.2) is 5.78 Å². The highest BCUT2D eigenvalue weighted by atomic mass is 32.2. The molecule has 0 saturated carbocycles. The first kappa shape index (κ1) is 19.6. The van der Waals surface area contributed by atoms with E-state index in [-0.39, 0.29) is 10.4 Å². The van der Waals surface area contributed by atoms with Gasteiger partial charge in [0, 0.05) is 23.7 Å². The summed E-state index contributed by atoms with van der Waals surface area (Å²) in [4.78, 5) is 17.5. The standard InChI is InChI=1S/C24H20N2OS2/c27-21(18-10-4-1-5-11-18)16-24-28-22(25-19-12-6-2-7-13-19)17-23(29-24)26-20-14-8-3-9-15-20/h1-15,17,24-25H,16H2. The predicted octanol–water partition coefficient (Wildman–Crippen LogP) is 6.75. The lowest BCUT2D eigenvalue weighted by Crippen LogP contribution is -2.15. The van der Waals surface area contributed by atoms with Crippen molar-refractivity contribution in [3.05, 3.63) is 108 Å². The second-order valence-corrected chi connectivity index (χ2v) is 9.21. The monoisotopic (exact) mass is 416 g/mol. The average molecular weight is 417 g/mol. The smallest absolute Gasteiger partial charge is 0.164 e. The van der Waals surface area contributed by atoms with E-state index in [2.05, 4.69) is 11.4 Å². The highest BCUT2D eigenvalue weighted by molar-refractivity contribution is 8.27. The number of para-hydroxylation sites is 2. The Hall–Kier alpha value is -2.76. The molecule has 0 saturated heterocycles. The minimum Gasteiger partial charge on any atom is -0.350 e. The van der Waals surface area contributed by atoms with Crippen LogP contribution >= 0.6 is 23.5 Å². The van der Waals surface area contributed by atoms with E-state index in [1.807, 2.05) is 91.0 Å². The SMILES string of the molecule is O=C(CC1SC(Nc2ccccc2)=CC(=Nc2ccccc2)S1)c1ccccc1. The summed E-state index contributed by atoms with van der Waals surface area (Å²) in [7, 11) is 0. The summed E-state index contributed by atoms with van der Waals surface area (Å²) < 4.78 is 0.0568. The third-order valence-corrected chi connectivity index (χ3v) is 6.61. The summed E-state index contributed by atoms with van der Waals surface area (Å²) >= 11 is 3.31. The molecule has 0 aliphatic carbocycles. The molecule has 3 aromatic carbocycles. The van der Waals surface area contributed by atoms with Gasteiger partial charge in [0.1, 0.15) is 5.04 Å². The van der Waals surface area contributed by atoms with E-state index < -0.39 is 0 Å². The fraction of sp³-hybridized carbons (Fsp3) is 0.0833. The van der Waals surface area contributed by atoms with Crippen LogP contribution in [0.15, 0.2) is 107 Å². The Morgan fingerprint density at radius 3 is 2.14 bits per heavy atom. The molecule has 0 fully saturated rings. The fourth-order valence-corrected chi connectivity index (χ4v) is 5.47. The maximum atomic E-state index is 12.7. The molecule has 144 valence electrons. The van der Waals surface area contributed by atoms with Gasteiger partial charge in [-0.15, -0.1) is 0 Å². The lowest BCUT2D eigenvalue weighted by atomic mass is 10.1. The molecule has 1 atom stereocenters. The van der Waals surface area contributed by atoms with Crippen molar-refractivity contribution in [2.75, 3.05) is 5.32 Å². The number of ketones is 1. The van der Waals surface area contributed by atoms with Gasteiger partial charge in [-0.2, -0.15) is 0 Å². The summed E-state index contributed by atoms with van der Waals surface area (Å²) in [5, 5.41) is 5.36. The minimum absolute atomic E-state index is 0.0568. The molecule has 1 N–H and O–H groups in total. The number of Topliss-reactive ketones (excluding diaryl/α,β-unsaturated/α-hetero) is 1. The van der Waals surface area contributed by atoms with Crippen molar-refractivity contribution in [3.8, 4) is 0 Å². The topological polar surface area (TPSA) is 41.5 Å². The number of rotatable bonds is 6. The maximum Gasteiger partial charge on any atom is 0.164 e. The van der Waals surface area contributed by atoms with Crippen molar-refractivity contribution in [1.82, 2.24) is 0 Å². The van der Waals surface area contributed by atoms with Gasteiger partial charge in [0.2, 0.25) is 0 Å². The zero-order valence-corrected chi connectivity index (χ0v) is 17.3. The summed E-state index contributed by atoms with van der Waals surface area (Å²) in [5.74, 6) is 0.149. The number of anilines is 1. The second kappa shape index (κ2) is 9.63. The van der Waals surface area contributed by atoms with Gasteiger partial charge in [0.25, 0.3) is 0 Å². The van der Waals surface area contributed by atoms with Crippen molar-refractivity contribution in [2.45, 2.75) is 11.0 Å². The van der Waals surface area contributed by atoms with E-state index in [0.717, 1.165) is 27.0 Å². The zero-order valence-electron chi connectivity index (χ0n) is 15.7. The van der Waals surface area contributed by atoms with Gasteiger partial charge in [-0.1, -0.05) is 90.3 Å². The number of nitrogens with one attached hydrogen (secondary N) is 1. The first-order valence-electron chi connectivity index (χ1n) is 9.35. The molecule has 29 heavy (non-hydrogen) atoms. The van der Waals surface area contributed by atoms with Crippen LogP contribution in [-0.2, 0) is 0 Å². The highest BCUT2D eigenvalue weighted by Crippen LogP contribution is 2.40. The predicted molar refractivity (Wildman–Crippen MR) is 126 cm³/mol. The van der Waals surface area contributed by atoms with Crippen LogP contribution in [-0.4, -0.2) is 15.4 Å². The number of hydrogen-bond acceptors (Lipinski definition) is 5. The average Bonchev–Trinajstić information content (AvgIpc) is 2.76. The number of hydrogen-bond donors (Lipinski definition) is 1. The van der Waals surface area contributed by atoms with Gasteiger partial charge in [-0.3, -0.25) is 4.79 Å². The number of thioether (sulfide) groups is 2. The molecule has 5 heteroatoms. The molecule has 1 aliphatic heterocycles. The lowest BCUT2D eigenvalue weighted by molar-refractivity contribution is 0.0987. The Morgan fingerprint density at radius 2 is 1.45 bits per heavy atom. The quantitative estimate of drug-likeness (QED) is 0.451. The summed E-state index contributed by atoms with van der Waals surface area (Å²) in [6, 6.07) is 29.4. The summed E-state index contributed by atoms with van der Waals surface area (Å²) in [5.41, 5.74) is 2.68. The molecule has 0 amide bonds. The van der Waals surface area contributed by atoms with Gasteiger partial charge in [-0.05, 0) is 24.3 Å². The van der Waals surface area contributed by atoms with E-state index in [1.165, 1.54) is 0 Å². The van der Waals surface area contributed by atoms with Crippen LogP contribution in [0.3, 0.4) is 0 Å².